The van der Waals surface area contributed by atoms with Crippen LogP contribution in [0.1, 0.15) is 35.7 Å². The van der Waals surface area contributed by atoms with Crippen molar-refractivity contribution < 1.29 is 4.74 Å². The normalized spacial score (nSPS) is 16.8. The zero-order chi connectivity index (χ0) is 21.6. The average molecular weight is 425 g/mol. The zero-order valence-electron chi connectivity index (χ0n) is 18.1. The molecule has 2 aliphatic rings. The molecule has 2 aliphatic heterocycles. The van der Waals surface area contributed by atoms with Crippen LogP contribution >= 0.6 is 0 Å². The molecule has 162 valence electrons. The minimum atomic E-state index is 0.169. The fourth-order valence-electron chi connectivity index (χ4n) is 4.35. The predicted molar refractivity (Wildman–Crippen MR) is 128 cm³/mol. The van der Waals surface area contributed by atoms with Crippen molar-refractivity contribution in [1.82, 2.24) is 14.9 Å². The van der Waals surface area contributed by atoms with Gasteiger partial charge in [-0.1, -0.05) is 66.7 Å². The molecule has 1 N–H and O–H groups in total. The first-order valence-electron chi connectivity index (χ1n) is 11.3. The summed E-state index contributed by atoms with van der Waals surface area (Å²) in [6.45, 7) is 2.41. The van der Waals surface area contributed by atoms with E-state index in [1.807, 2.05) is 12.3 Å². The van der Waals surface area contributed by atoms with Gasteiger partial charge in [-0.05, 0) is 41.7 Å². The molecule has 5 rings (SSSR count). The minimum absolute atomic E-state index is 0.169. The van der Waals surface area contributed by atoms with Gasteiger partial charge in [0.15, 0.2) is 0 Å². The van der Waals surface area contributed by atoms with Gasteiger partial charge in [0.2, 0.25) is 5.95 Å². The van der Waals surface area contributed by atoms with E-state index in [0.29, 0.717) is 12.0 Å². The number of ether oxygens (including phenoxy) is 1. The number of nitrogens with zero attached hydrogens (tertiary/aromatic N) is 3. The van der Waals surface area contributed by atoms with Crippen molar-refractivity contribution in [3.05, 3.63) is 108 Å². The molecule has 0 unspecified atom stereocenters. The van der Waals surface area contributed by atoms with Crippen molar-refractivity contribution in [3.8, 4) is 0 Å². The molecule has 0 bridgehead atoms. The Morgan fingerprint density at radius 1 is 0.906 bits per heavy atom. The van der Waals surface area contributed by atoms with Crippen molar-refractivity contribution >= 4 is 11.5 Å². The second kappa shape index (κ2) is 9.79. The van der Waals surface area contributed by atoms with Crippen LogP contribution < -0.4 is 5.32 Å². The van der Waals surface area contributed by atoms with Crippen molar-refractivity contribution in [2.75, 3.05) is 25.1 Å². The van der Waals surface area contributed by atoms with E-state index in [9.17, 15) is 0 Å². The van der Waals surface area contributed by atoms with Gasteiger partial charge in [-0.15, -0.1) is 0 Å². The number of benzene rings is 2. The molecule has 5 heteroatoms. The molecule has 1 aromatic heterocycles. The van der Waals surface area contributed by atoms with Crippen molar-refractivity contribution in [3.63, 3.8) is 0 Å². The van der Waals surface area contributed by atoms with Crippen LogP contribution in [0.4, 0.5) is 5.95 Å². The van der Waals surface area contributed by atoms with Crippen LogP contribution in [0.5, 0.6) is 0 Å². The van der Waals surface area contributed by atoms with E-state index in [1.165, 1.54) is 11.1 Å². The first kappa shape index (κ1) is 20.5. The second-order valence-corrected chi connectivity index (χ2v) is 8.19. The Hall–Kier alpha value is -3.44. The highest BCUT2D eigenvalue weighted by molar-refractivity contribution is 5.73. The molecule has 0 spiro atoms. The Kier molecular flexibility index (Phi) is 6.26. The quantitative estimate of drug-likeness (QED) is 0.599. The highest BCUT2D eigenvalue weighted by Crippen LogP contribution is 2.31. The summed E-state index contributed by atoms with van der Waals surface area (Å²) in [6.07, 6.45) is 10.4. The number of aromatic nitrogens is 2. The smallest absolute Gasteiger partial charge is 0.223 e. The SMILES string of the molecule is C1=CN(C(c2ccccc2)c2ccccc2)CC=C1c1ccnc(NC2CCOCC2)n1. The lowest BCUT2D eigenvalue weighted by Gasteiger charge is -2.33. The van der Waals surface area contributed by atoms with Gasteiger partial charge in [0.1, 0.15) is 0 Å². The average Bonchev–Trinajstić information content (AvgIpc) is 2.87. The van der Waals surface area contributed by atoms with Crippen LogP contribution in [0, 0.1) is 0 Å². The van der Waals surface area contributed by atoms with Crippen molar-refractivity contribution in [2.24, 2.45) is 0 Å². The fourth-order valence-corrected chi connectivity index (χ4v) is 4.35. The van der Waals surface area contributed by atoms with E-state index in [4.69, 9.17) is 9.72 Å². The summed E-state index contributed by atoms with van der Waals surface area (Å²) in [5.74, 6) is 0.692. The Balaban J connectivity index is 1.34. The Morgan fingerprint density at radius 3 is 2.22 bits per heavy atom. The van der Waals surface area contributed by atoms with E-state index in [-0.39, 0.29) is 6.04 Å². The van der Waals surface area contributed by atoms with Gasteiger partial charge >= 0.3 is 0 Å². The summed E-state index contributed by atoms with van der Waals surface area (Å²) in [5.41, 5.74) is 4.63. The van der Waals surface area contributed by atoms with Gasteiger partial charge in [-0.25, -0.2) is 9.97 Å². The molecule has 32 heavy (non-hydrogen) atoms. The summed E-state index contributed by atoms with van der Waals surface area (Å²) in [7, 11) is 0. The number of anilines is 1. The molecule has 2 aromatic carbocycles. The third-order valence-electron chi connectivity index (χ3n) is 6.04. The number of nitrogens with one attached hydrogen (secondary N) is 1. The molecule has 3 aromatic rings. The minimum Gasteiger partial charge on any atom is -0.381 e. The Labute approximate surface area is 189 Å². The Morgan fingerprint density at radius 2 is 1.59 bits per heavy atom. The maximum atomic E-state index is 5.45. The fraction of sp³-hybridized carbons (Fsp3) is 0.259. The third kappa shape index (κ3) is 4.73. The first-order valence-corrected chi connectivity index (χ1v) is 11.3. The lowest BCUT2D eigenvalue weighted by Crippen LogP contribution is -2.28. The lowest BCUT2D eigenvalue weighted by molar-refractivity contribution is 0.0903. The van der Waals surface area contributed by atoms with E-state index >= 15 is 0 Å². The van der Waals surface area contributed by atoms with E-state index < -0.39 is 0 Å². The monoisotopic (exact) mass is 424 g/mol. The summed E-state index contributed by atoms with van der Waals surface area (Å²) >= 11 is 0. The van der Waals surface area contributed by atoms with E-state index in [2.05, 4.69) is 94.2 Å². The molecule has 0 amide bonds. The maximum absolute atomic E-state index is 5.45. The summed E-state index contributed by atoms with van der Waals surface area (Å²) in [4.78, 5) is 11.6. The van der Waals surface area contributed by atoms with Gasteiger partial charge in [-0.2, -0.15) is 0 Å². The predicted octanol–water partition coefficient (Wildman–Crippen LogP) is 5.07. The summed E-state index contributed by atoms with van der Waals surface area (Å²) in [5, 5.41) is 3.47. The molecule has 0 atom stereocenters. The molecule has 5 nitrogen and oxygen atoms in total. The second-order valence-electron chi connectivity index (χ2n) is 8.19. The van der Waals surface area contributed by atoms with Gasteiger partial charge < -0.3 is 15.0 Å². The highest BCUT2D eigenvalue weighted by Gasteiger charge is 2.21. The number of hydrogen-bond donors (Lipinski definition) is 1. The molecule has 1 fully saturated rings. The van der Waals surface area contributed by atoms with Crippen LogP contribution in [-0.4, -0.2) is 40.7 Å². The topological polar surface area (TPSA) is 50.3 Å². The summed E-state index contributed by atoms with van der Waals surface area (Å²) in [6, 6.07) is 23.9. The maximum Gasteiger partial charge on any atom is 0.223 e. The summed E-state index contributed by atoms with van der Waals surface area (Å²) < 4.78 is 5.45. The zero-order valence-corrected chi connectivity index (χ0v) is 18.1. The standard InChI is InChI=1S/C27H28N4O/c1-3-7-22(8-4-1)26(23-9-5-2-6-10-23)31-17-12-21(13-18-31)25-11-16-28-27(30-25)29-24-14-19-32-20-15-24/h1-13,16-17,24,26H,14-15,18-20H2,(H,28,29,30). The van der Waals surface area contributed by atoms with E-state index in [0.717, 1.165) is 43.9 Å². The third-order valence-corrected chi connectivity index (χ3v) is 6.04. The van der Waals surface area contributed by atoms with Crippen LogP contribution in [0.3, 0.4) is 0 Å². The van der Waals surface area contributed by atoms with E-state index in [1.54, 1.807) is 0 Å². The van der Waals surface area contributed by atoms with Crippen molar-refractivity contribution in [1.29, 1.82) is 0 Å². The number of hydrogen-bond acceptors (Lipinski definition) is 5. The number of rotatable bonds is 6. The molecule has 0 aliphatic carbocycles. The molecule has 1 saturated heterocycles. The molecular formula is C27H28N4O. The number of allylic oxidation sites excluding steroid dienone is 2. The highest BCUT2D eigenvalue weighted by atomic mass is 16.5. The van der Waals surface area contributed by atoms with Crippen LogP contribution in [0.2, 0.25) is 0 Å². The van der Waals surface area contributed by atoms with Crippen LogP contribution in [0.25, 0.3) is 5.57 Å². The van der Waals surface area contributed by atoms with Crippen molar-refractivity contribution in [2.45, 2.75) is 24.9 Å². The first-order chi connectivity index (χ1) is 15.9. The van der Waals surface area contributed by atoms with Gasteiger partial charge in [0.25, 0.3) is 0 Å². The van der Waals surface area contributed by atoms with Crippen LogP contribution in [0.15, 0.2) is 91.3 Å². The molecule has 0 saturated carbocycles. The van der Waals surface area contributed by atoms with Gasteiger partial charge in [-0.3, -0.25) is 0 Å². The molecular weight excluding hydrogens is 396 g/mol. The largest absolute Gasteiger partial charge is 0.381 e. The van der Waals surface area contributed by atoms with Gasteiger partial charge in [0, 0.05) is 38.2 Å². The lowest BCUT2D eigenvalue weighted by atomic mass is 9.96. The molecule has 3 heterocycles. The molecule has 0 radical (unpaired) electrons. The van der Waals surface area contributed by atoms with Crippen LogP contribution in [-0.2, 0) is 4.74 Å². The Bertz CT molecular complexity index is 1040. The van der Waals surface area contributed by atoms with Gasteiger partial charge in [0.05, 0.1) is 11.7 Å².